The molecule has 1 amide bonds. The van der Waals surface area contributed by atoms with Crippen LogP contribution in [0.25, 0.3) is 0 Å². The molecule has 19 heavy (non-hydrogen) atoms. The van der Waals surface area contributed by atoms with Crippen LogP contribution in [0, 0.1) is 11.7 Å². The minimum absolute atomic E-state index is 0.0902. The van der Waals surface area contributed by atoms with Gasteiger partial charge in [0.1, 0.15) is 0 Å². The summed E-state index contributed by atoms with van der Waals surface area (Å²) in [4.78, 5) is 12.0. The Hall–Kier alpha value is -1.62. The van der Waals surface area contributed by atoms with Crippen LogP contribution in [0.15, 0.2) is 18.2 Å². The van der Waals surface area contributed by atoms with Gasteiger partial charge < -0.3 is 15.8 Å². The summed E-state index contributed by atoms with van der Waals surface area (Å²) in [5.41, 5.74) is 6.31. The van der Waals surface area contributed by atoms with Gasteiger partial charge in [0.15, 0.2) is 11.6 Å². The lowest BCUT2D eigenvalue weighted by Gasteiger charge is -2.15. The summed E-state index contributed by atoms with van der Waals surface area (Å²) >= 11 is 0. The van der Waals surface area contributed by atoms with Crippen LogP contribution >= 0.6 is 0 Å². The lowest BCUT2D eigenvalue weighted by Crippen LogP contribution is -2.34. The van der Waals surface area contributed by atoms with Crippen molar-refractivity contribution in [3.63, 3.8) is 0 Å². The second-order valence-corrected chi connectivity index (χ2v) is 4.77. The van der Waals surface area contributed by atoms with Crippen LogP contribution in [0.3, 0.4) is 0 Å². The van der Waals surface area contributed by atoms with Gasteiger partial charge >= 0.3 is 0 Å². The van der Waals surface area contributed by atoms with Crippen LogP contribution in [-0.2, 0) is 4.79 Å². The highest BCUT2D eigenvalue weighted by molar-refractivity contribution is 5.93. The molecule has 2 unspecified atom stereocenters. The van der Waals surface area contributed by atoms with Crippen LogP contribution in [0.4, 0.5) is 10.1 Å². The van der Waals surface area contributed by atoms with E-state index in [4.69, 9.17) is 10.5 Å². The molecule has 2 rings (SSSR count). The summed E-state index contributed by atoms with van der Waals surface area (Å²) in [6, 6.07) is 4.33. The molecule has 1 aromatic carbocycles. The fraction of sp³-hybridized carbons (Fsp3) is 0.500. The number of carbonyl (C=O) groups is 1. The van der Waals surface area contributed by atoms with Gasteiger partial charge in [-0.05, 0) is 31.9 Å². The van der Waals surface area contributed by atoms with E-state index in [9.17, 15) is 9.18 Å². The summed E-state index contributed by atoms with van der Waals surface area (Å²) in [5, 5.41) is 2.71. The number of amides is 1. The first-order valence-electron chi connectivity index (χ1n) is 6.60. The van der Waals surface area contributed by atoms with E-state index in [-0.39, 0.29) is 23.6 Å². The average molecular weight is 266 g/mol. The largest absolute Gasteiger partial charge is 0.491 e. The number of nitrogens with two attached hydrogens (primary N) is 1. The molecule has 0 aliphatic heterocycles. The molecule has 1 aromatic rings. The number of benzene rings is 1. The molecule has 2 atom stereocenters. The summed E-state index contributed by atoms with van der Waals surface area (Å²) in [7, 11) is 0. The minimum atomic E-state index is -0.477. The predicted octanol–water partition coefficient (Wildman–Crippen LogP) is 2.29. The molecule has 5 heteroatoms. The number of ether oxygens (including phenoxy) is 1. The van der Waals surface area contributed by atoms with E-state index in [1.165, 1.54) is 12.1 Å². The first-order valence-corrected chi connectivity index (χ1v) is 6.60. The Morgan fingerprint density at radius 2 is 2.32 bits per heavy atom. The number of carbonyl (C=O) groups excluding carboxylic acids is 1. The third-order valence-corrected chi connectivity index (χ3v) is 3.41. The standard InChI is InChI=1S/C14H19FN2O2/c1-2-19-13-7-6-9(8-11(13)15)17-14(18)10-4-3-5-12(10)16/h6-8,10,12H,2-5,16H2,1H3,(H,17,18). The Kier molecular flexibility index (Phi) is 4.37. The summed E-state index contributed by atoms with van der Waals surface area (Å²) < 4.78 is 18.7. The molecule has 0 aromatic heterocycles. The maximum atomic E-state index is 13.6. The maximum Gasteiger partial charge on any atom is 0.229 e. The van der Waals surface area contributed by atoms with Crippen molar-refractivity contribution in [1.82, 2.24) is 0 Å². The van der Waals surface area contributed by atoms with Crippen LogP contribution < -0.4 is 15.8 Å². The Bertz CT molecular complexity index is 465. The average Bonchev–Trinajstić information content (AvgIpc) is 2.79. The highest BCUT2D eigenvalue weighted by Gasteiger charge is 2.30. The highest BCUT2D eigenvalue weighted by atomic mass is 19.1. The van der Waals surface area contributed by atoms with Crippen LogP contribution in [0.2, 0.25) is 0 Å². The normalized spacial score (nSPS) is 22.3. The molecule has 4 nitrogen and oxygen atoms in total. The summed E-state index contributed by atoms with van der Waals surface area (Å²) in [6.45, 7) is 2.19. The molecule has 1 aliphatic carbocycles. The molecular formula is C14H19FN2O2. The molecule has 1 saturated carbocycles. The zero-order chi connectivity index (χ0) is 13.8. The van der Waals surface area contributed by atoms with Crippen molar-refractivity contribution >= 4 is 11.6 Å². The second-order valence-electron chi connectivity index (χ2n) is 4.77. The zero-order valence-electron chi connectivity index (χ0n) is 11.0. The Labute approximate surface area is 112 Å². The second kappa shape index (κ2) is 6.02. The molecule has 0 bridgehead atoms. The lowest BCUT2D eigenvalue weighted by atomic mass is 10.0. The number of hydrogen-bond donors (Lipinski definition) is 2. The van der Waals surface area contributed by atoms with E-state index in [2.05, 4.69) is 5.32 Å². The Morgan fingerprint density at radius 1 is 1.53 bits per heavy atom. The van der Waals surface area contributed by atoms with Gasteiger partial charge in [-0.1, -0.05) is 6.42 Å². The summed E-state index contributed by atoms with van der Waals surface area (Å²) in [5.74, 6) is -0.586. The Morgan fingerprint density at radius 3 is 2.89 bits per heavy atom. The summed E-state index contributed by atoms with van der Waals surface area (Å²) in [6.07, 6.45) is 2.64. The van der Waals surface area contributed by atoms with Gasteiger partial charge in [0.05, 0.1) is 12.5 Å². The molecular weight excluding hydrogens is 247 g/mol. The molecule has 0 saturated heterocycles. The monoisotopic (exact) mass is 266 g/mol. The number of rotatable bonds is 4. The lowest BCUT2D eigenvalue weighted by molar-refractivity contribution is -0.120. The Balaban J connectivity index is 2.03. The van der Waals surface area contributed by atoms with Gasteiger partial charge in [0.25, 0.3) is 0 Å². The third-order valence-electron chi connectivity index (χ3n) is 3.41. The fourth-order valence-electron chi connectivity index (χ4n) is 2.40. The molecule has 1 aliphatic rings. The van der Waals surface area contributed by atoms with Gasteiger partial charge in [0, 0.05) is 17.8 Å². The smallest absolute Gasteiger partial charge is 0.229 e. The van der Waals surface area contributed by atoms with Gasteiger partial charge in [-0.25, -0.2) is 4.39 Å². The van der Waals surface area contributed by atoms with Gasteiger partial charge in [-0.15, -0.1) is 0 Å². The van der Waals surface area contributed by atoms with Gasteiger partial charge in [-0.3, -0.25) is 4.79 Å². The van der Waals surface area contributed by atoms with Crippen LogP contribution in [-0.4, -0.2) is 18.6 Å². The minimum Gasteiger partial charge on any atom is -0.491 e. The number of halogens is 1. The number of nitrogens with one attached hydrogen (secondary N) is 1. The van der Waals surface area contributed by atoms with E-state index in [0.29, 0.717) is 12.3 Å². The van der Waals surface area contributed by atoms with Crippen LogP contribution in [0.5, 0.6) is 5.75 Å². The van der Waals surface area contributed by atoms with E-state index in [1.807, 2.05) is 0 Å². The third kappa shape index (κ3) is 3.23. The quantitative estimate of drug-likeness (QED) is 0.878. The molecule has 0 heterocycles. The fourth-order valence-corrected chi connectivity index (χ4v) is 2.40. The molecule has 0 spiro atoms. The van der Waals surface area contributed by atoms with Crippen molar-refractivity contribution in [1.29, 1.82) is 0 Å². The molecule has 104 valence electrons. The van der Waals surface area contributed by atoms with Crippen molar-refractivity contribution in [2.75, 3.05) is 11.9 Å². The molecule has 0 radical (unpaired) electrons. The maximum absolute atomic E-state index is 13.6. The first-order chi connectivity index (χ1) is 9.11. The highest BCUT2D eigenvalue weighted by Crippen LogP contribution is 2.26. The van der Waals surface area contributed by atoms with Gasteiger partial charge in [-0.2, -0.15) is 0 Å². The number of anilines is 1. The number of hydrogen-bond acceptors (Lipinski definition) is 3. The molecule has 3 N–H and O–H groups in total. The van der Waals surface area contributed by atoms with Crippen molar-refractivity contribution < 1.29 is 13.9 Å². The van der Waals surface area contributed by atoms with Crippen molar-refractivity contribution in [3.8, 4) is 5.75 Å². The zero-order valence-corrected chi connectivity index (χ0v) is 11.0. The van der Waals surface area contributed by atoms with Crippen molar-refractivity contribution in [3.05, 3.63) is 24.0 Å². The predicted molar refractivity (Wildman–Crippen MR) is 71.5 cm³/mol. The van der Waals surface area contributed by atoms with Crippen molar-refractivity contribution in [2.45, 2.75) is 32.2 Å². The van der Waals surface area contributed by atoms with E-state index in [0.717, 1.165) is 19.3 Å². The van der Waals surface area contributed by atoms with E-state index < -0.39 is 5.82 Å². The first kappa shape index (κ1) is 13.8. The topological polar surface area (TPSA) is 64.3 Å². The van der Waals surface area contributed by atoms with E-state index in [1.54, 1.807) is 13.0 Å². The van der Waals surface area contributed by atoms with Crippen LogP contribution in [0.1, 0.15) is 26.2 Å². The van der Waals surface area contributed by atoms with Crippen molar-refractivity contribution in [2.24, 2.45) is 11.7 Å². The van der Waals surface area contributed by atoms with E-state index >= 15 is 0 Å². The molecule has 1 fully saturated rings. The SMILES string of the molecule is CCOc1ccc(NC(=O)C2CCCC2N)cc1F. The van der Waals surface area contributed by atoms with Gasteiger partial charge in [0.2, 0.25) is 5.91 Å².